The lowest BCUT2D eigenvalue weighted by Gasteiger charge is -2.40. The number of amides is 3. The van der Waals surface area contributed by atoms with Gasteiger partial charge >= 0.3 is 6.01 Å². The van der Waals surface area contributed by atoms with Crippen molar-refractivity contribution >= 4 is 50.9 Å². The van der Waals surface area contributed by atoms with Crippen molar-refractivity contribution in [3.63, 3.8) is 0 Å². The fraction of sp³-hybridized carbons (Fsp3) is 0.519. The Morgan fingerprint density at radius 3 is 2.46 bits per heavy atom. The van der Waals surface area contributed by atoms with Crippen molar-refractivity contribution in [1.82, 2.24) is 35.0 Å². The van der Waals surface area contributed by atoms with Gasteiger partial charge in [0.1, 0.15) is 34.6 Å². The first-order chi connectivity index (χ1) is 34.3. The number of carbonyl (C=O) groups excluding carboxylic acids is 3. The van der Waals surface area contributed by atoms with Gasteiger partial charge in [-0.25, -0.2) is 8.78 Å². The highest BCUT2D eigenvalue weighted by Gasteiger charge is 2.40. The molecule has 0 saturated carbocycles. The summed E-state index contributed by atoms with van der Waals surface area (Å²) in [5, 5.41) is 25.6. The fourth-order valence-electron chi connectivity index (χ4n) is 12.4. The molecule has 5 saturated heterocycles. The summed E-state index contributed by atoms with van der Waals surface area (Å²) in [6, 6.07) is 11.9. The summed E-state index contributed by atoms with van der Waals surface area (Å²) in [5.41, 5.74) is 2.36. The third kappa shape index (κ3) is 9.36. The summed E-state index contributed by atoms with van der Waals surface area (Å²) in [7, 11) is 0. The molecule has 3 aromatic carbocycles. The maximum atomic E-state index is 17.1. The van der Waals surface area contributed by atoms with E-state index in [4.69, 9.17) is 9.72 Å². The predicted molar refractivity (Wildman–Crippen MR) is 265 cm³/mol. The van der Waals surface area contributed by atoms with Crippen LogP contribution in [0.3, 0.4) is 0 Å². The first-order valence-corrected chi connectivity index (χ1v) is 25.7. The Balaban J connectivity index is 0.704. The van der Waals surface area contributed by atoms with Crippen LogP contribution in [0.5, 0.6) is 11.8 Å². The summed E-state index contributed by atoms with van der Waals surface area (Å²) in [6.45, 7) is 12.3. The number of nitrogens with one attached hydrogen (secondary N) is 1. The molecule has 6 aliphatic rings. The molecule has 6 aliphatic heterocycles. The van der Waals surface area contributed by atoms with Gasteiger partial charge in [0.2, 0.25) is 11.8 Å². The smallest absolute Gasteiger partial charge is 0.319 e. The summed E-state index contributed by atoms with van der Waals surface area (Å²) in [5.74, 6) is -0.740. The number of likely N-dealkylation sites (tertiary alicyclic amines) is 2. The number of anilines is 2. The average Bonchev–Trinajstić information content (AvgIpc) is 3.97. The van der Waals surface area contributed by atoms with Gasteiger partial charge in [0.25, 0.3) is 5.91 Å². The quantitative estimate of drug-likeness (QED) is 0.122. The second-order valence-electron chi connectivity index (χ2n) is 21.2. The van der Waals surface area contributed by atoms with E-state index in [9.17, 15) is 24.6 Å². The lowest BCUT2D eigenvalue weighted by molar-refractivity contribution is -0.136. The number of phenols is 1. The number of benzene rings is 3. The number of halogens is 2. The van der Waals surface area contributed by atoms with Crippen LogP contribution in [0.2, 0.25) is 0 Å². The van der Waals surface area contributed by atoms with Crippen LogP contribution in [0.25, 0.3) is 32.9 Å². The first kappa shape index (κ1) is 47.3. The fourth-order valence-corrected chi connectivity index (χ4v) is 12.4. The van der Waals surface area contributed by atoms with Crippen molar-refractivity contribution in [3.05, 3.63) is 77.0 Å². The molecule has 5 aromatic rings. The van der Waals surface area contributed by atoms with Gasteiger partial charge in [-0.3, -0.25) is 29.6 Å². The van der Waals surface area contributed by atoms with E-state index >= 15 is 8.78 Å². The van der Waals surface area contributed by atoms with Crippen LogP contribution >= 0.6 is 0 Å². The molecule has 3 N–H and O–H groups in total. The van der Waals surface area contributed by atoms with Crippen LogP contribution in [0, 0.1) is 23.5 Å². The largest absolute Gasteiger partial charge is 0.508 e. The molecule has 374 valence electrons. The number of aliphatic hydroxyl groups is 1. The molecule has 0 bridgehead atoms. The van der Waals surface area contributed by atoms with Crippen LogP contribution in [-0.2, 0) is 22.6 Å². The molecular weight excluding hydrogens is 909 g/mol. The van der Waals surface area contributed by atoms with Crippen molar-refractivity contribution in [2.24, 2.45) is 11.8 Å². The zero-order valence-electron chi connectivity index (χ0n) is 40.6. The highest BCUT2D eigenvalue weighted by Crippen LogP contribution is 2.40. The second kappa shape index (κ2) is 19.2. The van der Waals surface area contributed by atoms with Crippen molar-refractivity contribution in [2.45, 2.75) is 102 Å². The number of β-amino-alcohol motifs (C(OH)–C–C–N with tert-alkyl or cyclic N) is 1. The van der Waals surface area contributed by atoms with E-state index in [0.717, 1.165) is 95.6 Å². The van der Waals surface area contributed by atoms with Crippen LogP contribution < -0.4 is 19.9 Å². The monoisotopic (exact) mass is 971 g/mol. The van der Waals surface area contributed by atoms with Gasteiger partial charge in [-0.05, 0) is 149 Å². The highest BCUT2D eigenvalue weighted by atomic mass is 19.1. The van der Waals surface area contributed by atoms with Crippen LogP contribution in [-0.4, -0.2) is 141 Å². The normalized spacial score (nSPS) is 24.1. The maximum absolute atomic E-state index is 17.1. The zero-order chi connectivity index (χ0) is 49.1. The van der Waals surface area contributed by atoms with Crippen LogP contribution in [0.15, 0.2) is 48.7 Å². The Morgan fingerprint density at radius 1 is 0.887 bits per heavy atom. The number of rotatable bonds is 11. The number of phenolic OH excluding ortho intramolecular Hbond substituents is 1. The molecule has 8 heterocycles. The Hall–Kier alpha value is -6.04. The molecule has 3 amide bonds. The molecule has 0 radical (unpaired) electrons. The molecule has 2 unspecified atom stereocenters. The molecule has 3 atom stereocenters. The lowest BCUT2D eigenvalue weighted by Crippen LogP contribution is -2.52. The van der Waals surface area contributed by atoms with E-state index < -0.39 is 23.3 Å². The predicted octanol–water partition coefficient (Wildman–Crippen LogP) is 6.59. The number of nitrogens with zero attached hydrogens (tertiary/aromatic N) is 8. The summed E-state index contributed by atoms with van der Waals surface area (Å²) >= 11 is 0. The van der Waals surface area contributed by atoms with Gasteiger partial charge in [0.15, 0.2) is 5.82 Å². The number of aryl methyl sites for hydroxylation is 1. The topological polar surface area (TPSA) is 168 Å². The first-order valence-electron chi connectivity index (χ1n) is 25.7. The summed E-state index contributed by atoms with van der Waals surface area (Å²) in [4.78, 5) is 62.8. The molecule has 17 heteroatoms. The third-order valence-corrected chi connectivity index (χ3v) is 16.2. The van der Waals surface area contributed by atoms with E-state index in [0.29, 0.717) is 90.6 Å². The number of aromatic nitrogens is 3. The van der Waals surface area contributed by atoms with Crippen molar-refractivity contribution in [3.8, 4) is 23.0 Å². The van der Waals surface area contributed by atoms with Gasteiger partial charge in [0, 0.05) is 87.2 Å². The number of ether oxygens (including phenoxy) is 1. The van der Waals surface area contributed by atoms with Gasteiger partial charge in [-0.2, -0.15) is 9.97 Å². The molecule has 0 aliphatic carbocycles. The van der Waals surface area contributed by atoms with Crippen LogP contribution in [0.4, 0.5) is 20.3 Å². The molecule has 2 aromatic heterocycles. The number of piperidine rings is 4. The number of aromatic hydroxyl groups is 1. The zero-order valence-corrected chi connectivity index (χ0v) is 40.6. The molecule has 11 rings (SSSR count). The lowest BCUT2D eigenvalue weighted by atomic mass is 9.94. The van der Waals surface area contributed by atoms with Crippen molar-refractivity contribution in [2.75, 3.05) is 75.3 Å². The summed E-state index contributed by atoms with van der Waals surface area (Å²) < 4.78 is 38.6. The van der Waals surface area contributed by atoms with Crippen molar-refractivity contribution in [1.29, 1.82) is 0 Å². The van der Waals surface area contributed by atoms with Crippen LogP contribution in [0.1, 0.15) is 93.1 Å². The Morgan fingerprint density at radius 2 is 1.69 bits per heavy atom. The Labute approximate surface area is 412 Å². The number of fused-ring (bicyclic) bond motifs is 3. The average molecular weight is 972 g/mol. The molecule has 71 heavy (non-hydrogen) atoms. The Kier molecular flexibility index (Phi) is 12.8. The van der Waals surface area contributed by atoms with E-state index in [-0.39, 0.29) is 58.6 Å². The van der Waals surface area contributed by atoms with E-state index in [1.54, 1.807) is 17.9 Å². The molecule has 0 spiro atoms. The maximum Gasteiger partial charge on any atom is 0.319 e. The van der Waals surface area contributed by atoms with E-state index in [1.165, 1.54) is 24.4 Å². The Bertz CT molecular complexity index is 2900. The number of pyridine rings is 1. The number of hydrogen-bond donors (Lipinski definition) is 3. The SMILES string of the molecule is CCc1c(F)ccc2cc(O)cc(-c3ncc4c(N5CCC[C@@](C)(O)C5)nc(OCC5CCN(C6CCN(CC7CCN(c8ccc9c(c8)CN(C8CCC(=O)NC8=O)C9=O)CC7)CC6)C5)nc4c3F)c12. The highest BCUT2D eigenvalue weighted by molar-refractivity contribution is 6.06. The molecule has 5 fully saturated rings. The van der Waals surface area contributed by atoms with Crippen molar-refractivity contribution < 1.29 is 38.1 Å². The number of carbonyl (C=O) groups is 3. The van der Waals surface area contributed by atoms with Gasteiger partial charge in [-0.15, -0.1) is 0 Å². The van der Waals surface area contributed by atoms with Gasteiger partial charge in [-0.1, -0.05) is 13.0 Å². The summed E-state index contributed by atoms with van der Waals surface area (Å²) in [6.07, 6.45) is 9.25. The molecule has 15 nitrogen and oxygen atoms in total. The number of hydrogen-bond acceptors (Lipinski definition) is 13. The van der Waals surface area contributed by atoms with E-state index in [1.807, 2.05) is 24.0 Å². The third-order valence-electron chi connectivity index (χ3n) is 16.2. The van der Waals surface area contributed by atoms with E-state index in [2.05, 4.69) is 36.1 Å². The minimum absolute atomic E-state index is 0.0101. The second-order valence-corrected chi connectivity index (χ2v) is 21.2. The standard InChI is InChI=1S/C54H63F2N9O6/c1-3-39-43(55)8-5-34-24-38(66)25-41(46(34)39)48-47(56)49-42(26-57-48)50(64-17-4-16-54(2,70)31-64)60-53(59-49)71-30-33-13-22-63(28-33)36-14-18-61(19-15-36)27-32-11-20-62(21-12-32)37-6-7-40-35(23-37)29-65(52(40)69)44-9-10-45(67)58-51(44)68/h5-8,23-26,32-33,36,44,66,70H,3-4,9-22,27-31H2,1-2H3,(H,58,67,68)/t33?,44?,54-/m1/s1. The van der Waals surface area contributed by atoms with Gasteiger partial charge in [0.05, 0.1) is 17.6 Å². The molecular formula is C54H63F2N9O6. The minimum Gasteiger partial charge on any atom is -0.508 e. The number of imide groups is 1. The van der Waals surface area contributed by atoms with Gasteiger partial charge < -0.3 is 34.5 Å². The minimum atomic E-state index is -0.964.